The average molecular weight is 487 g/mol. The van der Waals surface area contributed by atoms with Crippen molar-refractivity contribution in [1.29, 1.82) is 0 Å². The maximum absolute atomic E-state index is 13.5. The lowest BCUT2D eigenvalue weighted by Crippen LogP contribution is -2.51. The second-order valence-electron chi connectivity index (χ2n) is 8.83. The van der Waals surface area contributed by atoms with E-state index >= 15 is 0 Å². The molecule has 1 aliphatic carbocycles. The van der Waals surface area contributed by atoms with Crippen molar-refractivity contribution in [2.24, 2.45) is 0 Å². The second kappa shape index (κ2) is 9.61. The van der Waals surface area contributed by atoms with E-state index in [0.717, 1.165) is 41.9 Å². The van der Waals surface area contributed by atoms with Crippen molar-refractivity contribution in [3.63, 3.8) is 0 Å². The molecule has 166 valence electrons. The molecule has 8 heteroatoms. The molecular weight excluding hydrogens is 456 g/mol. The van der Waals surface area contributed by atoms with E-state index in [0.29, 0.717) is 31.6 Å². The molecule has 4 rings (SSSR count). The van der Waals surface area contributed by atoms with E-state index in [1.807, 2.05) is 17.0 Å². The summed E-state index contributed by atoms with van der Waals surface area (Å²) >= 11 is 3.44. The number of carbonyl (C=O) groups excluding carboxylic acids is 1. The number of pyridine rings is 1. The maximum atomic E-state index is 13.5. The van der Waals surface area contributed by atoms with Gasteiger partial charge in [-0.3, -0.25) is 9.78 Å². The van der Waals surface area contributed by atoms with Gasteiger partial charge in [0.2, 0.25) is 5.91 Å². The zero-order valence-electron chi connectivity index (χ0n) is 18.5. The van der Waals surface area contributed by atoms with Crippen LogP contribution in [0.5, 0.6) is 0 Å². The number of nitrogens with one attached hydrogen (secondary N) is 1. The molecule has 1 fully saturated rings. The van der Waals surface area contributed by atoms with Crippen LogP contribution in [0.4, 0.5) is 5.82 Å². The minimum Gasteiger partial charge on any atom is -0.353 e. The van der Waals surface area contributed by atoms with Crippen LogP contribution in [0, 0.1) is 0 Å². The predicted molar refractivity (Wildman–Crippen MR) is 125 cm³/mol. The lowest BCUT2D eigenvalue weighted by molar-refractivity contribution is -0.133. The standard InChI is InChI=1S/C23H31BrN6O/c1-15(2)25-13-18(19-7-5-17(24)12-26-19)23(31)30-10-8-29(9-11-30)22-21-16(3)4-6-20(21)27-14-28-22/h5,7,12,14-16,18,25H,4,6,8-11,13H2,1-3H3/t16-,18-/m1/s1. The summed E-state index contributed by atoms with van der Waals surface area (Å²) in [5.41, 5.74) is 3.31. The first-order valence-electron chi connectivity index (χ1n) is 11.2. The largest absolute Gasteiger partial charge is 0.353 e. The number of rotatable bonds is 6. The van der Waals surface area contributed by atoms with Crippen LogP contribution in [-0.4, -0.2) is 64.5 Å². The Morgan fingerprint density at radius 1 is 1.19 bits per heavy atom. The zero-order valence-corrected chi connectivity index (χ0v) is 20.1. The van der Waals surface area contributed by atoms with Gasteiger partial charge < -0.3 is 15.1 Å². The minimum atomic E-state index is -0.287. The van der Waals surface area contributed by atoms with Crippen molar-refractivity contribution in [2.75, 3.05) is 37.6 Å². The summed E-state index contributed by atoms with van der Waals surface area (Å²) in [6, 6.07) is 4.20. The minimum absolute atomic E-state index is 0.143. The molecule has 0 saturated carbocycles. The van der Waals surface area contributed by atoms with Crippen LogP contribution in [0.2, 0.25) is 0 Å². The normalized spacial score (nSPS) is 19.6. The number of hydrogen-bond acceptors (Lipinski definition) is 6. The van der Waals surface area contributed by atoms with Crippen LogP contribution in [0.25, 0.3) is 0 Å². The average Bonchev–Trinajstić information content (AvgIpc) is 3.16. The molecule has 1 saturated heterocycles. The lowest BCUT2D eigenvalue weighted by Gasteiger charge is -2.38. The number of halogens is 1. The van der Waals surface area contributed by atoms with E-state index in [1.165, 1.54) is 11.3 Å². The molecule has 2 aromatic rings. The molecule has 7 nitrogen and oxygen atoms in total. The second-order valence-corrected chi connectivity index (χ2v) is 9.74. The number of piperazine rings is 1. The number of carbonyl (C=O) groups is 1. The number of fused-ring (bicyclic) bond motifs is 1. The van der Waals surface area contributed by atoms with Crippen LogP contribution in [0.3, 0.4) is 0 Å². The Kier molecular flexibility index (Phi) is 6.86. The highest BCUT2D eigenvalue weighted by Gasteiger charge is 2.32. The number of amides is 1. The molecule has 31 heavy (non-hydrogen) atoms. The molecule has 1 aliphatic heterocycles. The smallest absolute Gasteiger partial charge is 0.233 e. The first-order chi connectivity index (χ1) is 14.9. The highest BCUT2D eigenvalue weighted by atomic mass is 79.9. The Morgan fingerprint density at radius 3 is 2.65 bits per heavy atom. The van der Waals surface area contributed by atoms with E-state index in [1.54, 1.807) is 12.5 Å². The first kappa shape index (κ1) is 22.1. The fraction of sp³-hybridized carbons (Fsp3) is 0.565. The van der Waals surface area contributed by atoms with E-state index in [-0.39, 0.29) is 11.8 Å². The van der Waals surface area contributed by atoms with Crippen molar-refractivity contribution in [1.82, 2.24) is 25.2 Å². The molecule has 0 bridgehead atoms. The third-order valence-electron chi connectivity index (χ3n) is 6.28. The van der Waals surface area contributed by atoms with Gasteiger partial charge in [-0.25, -0.2) is 9.97 Å². The van der Waals surface area contributed by atoms with Gasteiger partial charge in [-0.2, -0.15) is 0 Å². The van der Waals surface area contributed by atoms with Gasteiger partial charge in [0.25, 0.3) is 0 Å². The van der Waals surface area contributed by atoms with Gasteiger partial charge in [-0.15, -0.1) is 0 Å². The number of hydrogen-bond donors (Lipinski definition) is 1. The van der Waals surface area contributed by atoms with Crippen molar-refractivity contribution in [2.45, 2.75) is 51.5 Å². The summed E-state index contributed by atoms with van der Waals surface area (Å²) in [4.78, 5) is 31.4. The molecule has 0 unspecified atom stereocenters. The van der Waals surface area contributed by atoms with Gasteiger partial charge in [0.1, 0.15) is 12.1 Å². The molecule has 2 aliphatic rings. The summed E-state index contributed by atoms with van der Waals surface area (Å²) < 4.78 is 0.916. The monoisotopic (exact) mass is 486 g/mol. The predicted octanol–water partition coefficient (Wildman–Crippen LogP) is 3.11. The third-order valence-corrected chi connectivity index (χ3v) is 6.75. The summed E-state index contributed by atoms with van der Waals surface area (Å²) in [5, 5.41) is 3.42. The summed E-state index contributed by atoms with van der Waals surface area (Å²) in [6.07, 6.45) is 5.63. The van der Waals surface area contributed by atoms with Crippen molar-refractivity contribution in [3.8, 4) is 0 Å². The fourth-order valence-electron chi connectivity index (χ4n) is 4.50. The summed E-state index contributed by atoms with van der Waals surface area (Å²) in [6.45, 7) is 10.0. The molecule has 1 N–H and O–H groups in total. The Morgan fingerprint density at radius 2 is 1.97 bits per heavy atom. The third kappa shape index (κ3) is 4.90. The Labute approximate surface area is 192 Å². The lowest BCUT2D eigenvalue weighted by atomic mass is 10.0. The topological polar surface area (TPSA) is 74.2 Å². The highest BCUT2D eigenvalue weighted by Crippen LogP contribution is 2.37. The summed E-state index contributed by atoms with van der Waals surface area (Å²) in [7, 11) is 0. The Hall–Kier alpha value is -2.06. The number of aromatic nitrogens is 3. The molecular formula is C23H31BrN6O. The summed E-state index contributed by atoms with van der Waals surface area (Å²) in [5.74, 6) is 1.42. The molecule has 0 spiro atoms. The van der Waals surface area contributed by atoms with Gasteiger partial charge in [0, 0.05) is 60.7 Å². The van der Waals surface area contributed by atoms with Gasteiger partial charge >= 0.3 is 0 Å². The van der Waals surface area contributed by atoms with Crippen molar-refractivity contribution >= 4 is 27.7 Å². The fourth-order valence-corrected chi connectivity index (χ4v) is 4.73. The Balaban J connectivity index is 1.46. The highest BCUT2D eigenvalue weighted by molar-refractivity contribution is 9.10. The van der Waals surface area contributed by atoms with E-state index in [4.69, 9.17) is 0 Å². The molecule has 2 aromatic heterocycles. The van der Waals surface area contributed by atoms with Gasteiger partial charge in [0.05, 0.1) is 11.6 Å². The SMILES string of the molecule is CC(C)NC[C@@H](C(=O)N1CCN(c2ncnc3c2[C@H](C)CC3)CC1)c1ccc(Br)cn1. The van der Waals surface area contributed by atoms with Crippen LogP contribution in [-0.2, 0) is 11.2 Å². The first-order valence-corrected chi connectivity index (χ1v) is 12.0. The quantitative estimate of drug-likeness (QED) is 0.675. The Bertz CT molecular complexity index is 911. The number of nitrogens with zero attached hydrogens (tertiary/aromatic N) is 5. The molecule has 3 heterocycles. The van der Waals surface area contributed by atoms with E-state index in [9.17, 15) is 4.79 Å². The van der Waals surface area contributed by atoms with Crippen LogP contribution in [0.1, 0.15) is 56.0 Å². The van der Waals surface area contributed by atoms with Gasteiger partial charge in [-0.1, -0.05) is 20.8 Å². The van der Waals surface area contributed by atoms with Crippen LogP contribution < -0.4 is 10.2 Å². The van der Waals surface area contributed by atoms with Gasteiger partial charge in [-0.05, 0) is 46.8 Å². The van der Waals surface area contributed by atoms with E-state index in [2.05, 4.69) is 61.9 Å². The molecule has 0 radical (unpaired) electrons. The number of aryl methyl sites for hydroxylation is 1. The number of anilines is 1. The van der Waals surface area contributed by atoms with Crippen molar-refractivity contribution < 1.29 is 4.79 Å². The van der Waals surface area contributed by atoms with Crippen LogP contribution in [0.15, 0.2) is 29.1 Å². The maximum Gasteiger partial charge on any atom is 0.233 e. The molecule has 2 atom stereocenters. The molecule has 0 aromatic carbocycles. The zero-order chi connectivity index (χ0) is 22.0. The molecule has 1 amide bonds. The van der Waals surface area contributed by atoms with Crippen LogP contribution >= 0.6 is 15.9 Å². The van der Waals surface area contributed by atoms with E-state index < -0.39 is 0 Å². The van der Waals surface area contributed by atoms with Gasteiger partial charge in [0.15, 0.2) is 0 Å². The van der Waals surface area contributed by atoms with Crippen molar-refractivity contribution in [3.05, 3.63) is 46.1 Å².